The number of carbonyl (C=O) groups is 1. The van der Waals surface area contributed by atoms with Crippen LogP contribution in [0.4, 0.5) is 5.69 Å². The number of ether oxygens (including phenoxy) is 1. The highest BCUT2D eigenvalue weighted by Gasteiger charge is 2.51. The van der Waals surface area contributed by atoms with Crippen LogP contribution in [0.1, 0.15) is 59.8 Å². The van der Waals surface area contributed by atoms with Gasteiger partial charge in [-0.25, -0.2) is 0 Å². The number of rotatable bonds is 6. The summed E-state index contributed by atoms with van der Waals surface area (Å²) in [7, 11) is 1.61. The Morgan fingerprint density at radius 1 is 1.39 bits per heavy atom. The van der Waals surface area contributed by atoms with Gasteiger partial charge in [0.2, 0.25) is 5.91 Å². The molecule has 0 saturated heterocycles. The molecule has 3 rings (SSSR count). The minimum atomic E-state index is -0.224. The van der Waals surface area contributed by atoms with Gasteiger partial charge in [0.15, 0.2) is 0 Å². The van der Waals surface area contributed by atoms with Crippen molar-refractivity contribution in [2.45, 2.75) is 65.9 Å². The fourth-order valence-corrected chi connectivity index (χ4v) is 5.95. The third-order valence-electron chi connectivity index (χ3n) is 7.86. The molecule has 0 bridgehead atoms. The van der Waals surface area contributed by atoms with Crippen molar-refractivity contribution < 1.29 is 14.6 Å². The van der Waals surface area contributed by atoms with Gasteiger partial charge in [0, 0.05) is 17.8 Å². The molecule has 0 spiro atoms. The van der Waals surface area contributed by atoms with E-state index in [-0.39, 0.29) is 17.4 Å². The molecular weight excluding hydrogens is 386 g/mol. The number of nitrogens with one attached hydrogen (secondary N) is 1. The first-order valence-corrected chi connectivity index (χ1v) is 11.6. The van der Waals surface area contributed by atoms with Crippen LogP contribution in [0.3, 0.4) is 0 Å². The highest BCUT2D eigenvalue weighted by atomic mass is 16.5. The number of amides is 1. The monoisotopic (exact) mass is 425 g/mol. The molecule has 4 heteroatoms. The van der Waals surface area contributed by atoms with Gasteiger partial charge in [-0.3, -0.25) is 4.79 Å². The Morgan fingerprint density at radius 3 is 2.84 bits per heavy atom. The van der Waals surface area contributed by atoms with E-state index in [9.17, 15) is 9.90 Å². The largest absolute Gasteiger partial charge is 0.497 e. The Labute approximate surface area is 187 Å². The van der Waals surface area contributed by atoms with Gasteiger partial charge in [-0.15, -0.1) is 0 Å². The maximum Gasteiger partial charge on any atom is 0.248 e. The number of anilines is 1. The van der Waals surface area contributed by atoms with Gasteiger partial charge >= 0.3 is 0 Å². The molecule has 1 aromatic rings. The second-order valence-electron chi connectivity index (χ2n) is 10.3. The normalized spacial score (nSPS) is 30.5. The number of aliphatic hydroxyl groups is 1. The van der Waals surface area contributed by atoms with Crippen LogP contribution in [-0.4, -0.2) is 24.2 Å². The zero-order valence-electron chi connectivity index (χ0n) is 19.8. The summed E-state index contributed by atoms with van der Waals surface area (Å²) in [6.45, 7) is 13.2. The summed E-state index contributed by atoms with van der Waals surface area (Å²) in [4.78, 5) is 12.5. The topological polar surface area (TPSA) is 58.6 Å². The summed E-state index contributed by atoms with van der Waals surface area (Å²) in [5, 5.41) is 13.6. The van der Waals surface area contributed by atoms with Crippen molar-refractivity contribution in [1.82, 2.24) is 0 Å². The molecule has 2 aliphatic rings. The zero-order chi connectivity index (χ0) is 22.8. The van der Waals surface area contributed by atoms with E-state index in [1.807, 2.05) is 31.2 Å². The lowest BCUT2D eigenvalue weighted by atomic mass is 9.50. The molecule has 2 aliphatic carbocycles. The predicted octanol–water partition coefficient (Wildman–Crippen LogP) is 5.99. The van der Waals surface area contributed by atoms with Gasteiger partial charge in [-0.05, 0) is 80.2 Å². The van der Waals surface area contributed by atoms with Crippen molar-refractivity contribution in [2.75, 3.05) is 12.4 Å². The standard InChI is InChI=1S/C27H39NO3/c1-17(14-25(30)28-20-8-7-9-21(16-20)31-6)10-12-22-18(2)11-13-23-26(22)19(3)15-24(29)27(23,4)5/h7-9,14,16,19,22-24,26,29H,2,10-13,15H2,1,3-6H3,(H,28,30). The first-order valence-electron chi connectivity index (χ1n) is 11.6. The zero-order valence-corrected chi connectivity index (χ0v) is 19.8. The molecule has 0 aromatic heterocycles. The quantitative estimate of drug-likeness (QED) is 0.435. The van der Waals surface area contributed by atoms with Crippen molar-refractivity contribution in [2.24, 2.45) is 29.1 Å². The number of hydrogen-bond donors (Lipinski definition) is 2. The lowest BCUT2D eigenvalue weighted by molar-refractivity contribution is -0.112. The van der Waals surface area contributed by atoms with Crippen molar-refractivity contribution >= 4 is 11.6 Å². The average molecular weight is 426 g/mol. The summed E-state index contributed by atoms with van der Waals surface area (Å²) < 4.78 is 5.22. The Balaban J connectivity index is 1.64. The third-order valence-corrected chi connectivity index (χ3v) is 7.86. The summed E-state index contributed by atoms with van der Waals surface area (Å²) in [5.74, 6) is 2.67. The second kappa shape index (κ2) is 9.60. The van der Waals surface area contributed by atoms with Crippen molar-refractivity contribution in [1.29, 1.82) is 0 Å². The van der Waals surface area contributed by atoms with Gasteiger partial charge in [0.1, 0.15) is 5.75 Å². The number of hydrogen-bond acceptors (Lipinski definition) is 3. The molecule has 0 aliphatic heterocycles. The second-order valence-corrected chi connectivity index (χ2v) is 10.3. The van der Waals surface area contributed by atoms with Crippen LogP contribution in [0.25, 0.3) is 0 Å². The fourth-order valence-electron chi connectivity index (χ4n) is 5.95. The number of allylic oxidation sites excluding steroid dienone is 2. The van der Waals surface area contributed by atoms with Crippen LogP contribution >= 0.6 is 0 Å². The predicted molar refractivity (Wildman–Crippen MR) is 127 cm³/mol. The Morgan fingerprint density at radius 2 is 2.13 bits per heavy atom. The van der Waals surface area contributed by atoms with E-state index in [1.165, 1.54) is 5.57 Å². The van der Waals surface area contributed by atoms with Gasteiger partial charge in [0.25, 0.3) is 0 Å². The molecule has 5 atom stereocenters. The van der Waals surface area contributed by atoms with Gasteiger partial charge in [-0.1, -0.05) is 44.6 Å². The first-order chi connectivity index (χ1) is 14.6. The van der Waals surface area contributed by atoms with Crippen LogP contribution in [0.2, 0.25) is 0 Å². The summed E-state index contributed by atoms with van der Waals surface area (Å²) in [6.07, 6.45) is 6.44. The molecule has 2 N–H and O–H groups in total. The van der Waals surface area contributed by atoms with E-state index in [1.54, 1.807) is 13.2 Å². The molecule has 0 heterocycles. The minimum absolute atomic E-state index is 0.0440. The van der Waals surface area contributed by atoms with Gasteiger partial charge < -0.3 is 15.2 Å². The van der Waals surface area contributed by atoms with Crippen LogP contribution in [0.5, 0.6) is 5.75 Å². The summed E-state index contributed by atoms with van der Waals surface area (Å²) >= 11 is 0. The Kier molecular flexibility index (Phi) is 7.31. The van der Waals surface area contributed by atoms with E-state index in [4.69, 9.17) is 4.74 Å². The number of methoxy groups -OCH3 is 1. The van der Waals surface area contributed by atoms with Crippen molar-refractivity contribution in [3.8, 4) is 5.75 Å². The van der Waals surface area contributed by atoms with Crippen LogP contribution in [-0.2, 0) is 4.79 Å². The van der Waals surface area contributed by atoms with Crippen LogP contribution in [0.15, 0.2) is 48.1 Å². The molecule has 1 aromatic carbocycles. The minimum Gasteiger partial charge on any atom is -0.497 e. The SMILES string of the molecule is C=C1CCC2C(C(C)CC(O)C2(C)C)C1CCC(C)=CC(=O)Nc1cccc(OC)c1. The fraction of sp³-hybridized carbons (Fsp3) is 0.593. The smallest absolute Gasteiger partial charge is 0.248 e. The van der Waals surface area contributed by atoms with E-state index in [0.717, 1.165) is 49.1 Å². The van der Waals surface area contributed by atoms with E-state index < -0.39 is 0 Å². The lowest BCUT2D eigenvalue weighted by Gasteiger charge is -2.55. The highest BCUT2D eigenvalue weighted by Crippen LogP contribution is 2.56. The maximum absolute atomic E-state index is 12.5. The number of benzene rings is 1. The molecule has 0 radical (unpaired) electrons. The molecule has 31 heavy (non-hydrogen) atoms. The maximum atomic E-state index is 12.5. The van der Waals surface area contributed by atoms with Crippen molar-refractivity contribution in [3.05, 3.63) is 48.1 Å². The molecular formula is C27H39NO3. The van der Waals surface area contributed by atoms with Crippen molar-refractivity contribution in [3.63, 3.8) is 0 Å². The number of carbonyl (C=O) groups excluding carboxylic acids is 1. The Bertz CT molecular complexity index is 841. The van der Waals surface area contributed by atoms with E-state index in [0.29, 0.717) is 23.7 Å². The molecule has 170 valence electrons. The number of aliphatic hydroxyl groups excluding tert-OH is 1. The molecule has 4 nitrogen and oxygen atoms in total. The highest BCUT2D eigenvalue weighted by molar-refractivity contribution is 5.99. The van der Waals surface area contributed by atoms with Crippen LogP contribution in [0, 0.1) is 29.1 Å². The lowest BCUT2D eigenvalue weighted by Crippen LogP contribution is -2.52. The molecule has 5 unspecified atom stereocenters. The summed E-state index contributed by atoms with van der Waals surface area (Å²) in [5.41, 5.74) is 3.12. The van der Waals surface area contributed by atoms with E-state index >= 15 is 0 Å². The first kappa shape index (κ1) is 23.6. The van der Waals surface area contributed by atoms with Gasteiger partial charge in [0.05, 0.1) is 13.2 Å². The summed E-state index contributed by atoms with van der Waals surface area (Å²) in [6, 6.07) is 7.39. The average Bonchev–Trinajstić information content (AvgIpc) is 2.71. The van der Waals surface area contributed by atoms with E-state index in [2.05, 4.69) is 32.7 Å². The van der Waals surface area contributed by atoms with Crippen LogP contribution < -0.4 is 10.1 Å². The molecule has 1 amide bonds. The number of fused-ring (bicyclic) bond motifs is 1. The van der Waals surface area contributed by atoms with Gasteiger partial charge in [-0.2, -0.15) is 0 Å². The molecule has 2 saturated carbocycles. The Hall–Kier alpha value is -2.07. The third kappa shape index (κ3) is 5.23. The molecule has 2 fully saturated rings.